The summed E-state index contributed by atoms with van der Waals surface area (Å²) in [6, 6.07) is 19.9. The standard InChI is InChI=1S/C30H34N8O2/c39-29(35-17-9-3-10-18-35)25-27(37(33-31-25)21-23-13-5-1-6-14-23)28-26(30(40)36-19-11-4-12-20-36)32-34-38(28)22-24-15-7-2-8-16-24/h1-2,5-8,13-16H,3-4,9-12,17-22H2. The lowest BCUT2D eigenvalue weighted by Crippen LogP contribution is -2.37. The molecule has 6 rings (SSSR count). The Bertz CT molecular complexity index is 1340. The van der Waals surface area contributed by atoms with E-state index in [9.17, 15) is 9.59 Å². The molecule has 4 aromatic rings. The lowest BCUT2D eigenvalue weighted by Gasteiger charge is -2.27. The molecule has 0 aliphatic carbocycles. The second-order valence-electron chi connectivity index (χ2n) is 10.6. The van der Waals surface area contributed by atoms with Gasteiger partial charge in [0.25, 0.3) is 11.8 Å². The number of likely N-dealkylation sites (tertiary alicyclic amines) is 2. The highest BCUT2D eigenvalue weighted by Crippen LogP contribution is 2.30. The van der Waals surface area contributed by atoms with Gasteiger partial charge in [0, 0.05) is 26.2 Å². The molecule has 2 aliphatic rings. The second kappa shape index (κ2) is 11.8. The average molecular weight is 539 g/mol. The van der Waals surface area contributed by atoms with Crippen molar-refractivity contribution >= 4 is 11.8 Å². The lowest BCUT2D eigenvalue weighted by atomic mass is 10.1. The first-order chi connectivity index (χ1) is 19.7. The quantitative estimate of drug-likeness (QED) is 0.354. The number of hydrogen-bond donors (Lipinski definition) is 0. The van der Waals surface area contributed by atoms with Gasteiger partial charge in [0.15, 0.2) is 11.4 Å². The predicted octanol–water partition coefficient (Wildman–Crippen LogP) is 3.89. The van der Waals surface area contributed by atoms with Crippen LogP contribution in [-0.2, 0) is 13.1 Å². The molecular formula is C30H34N8O2. The van der Waals surface area contributed by atoms with E-state index in [-0.39, 0.29) is 23.2 Å². The predicted molar refractivity (Wildman–Crippen MR) is 150 cm³/mol. The summed E-state index contributed by atoms with van der Waals surface area (Å²) in [6.07, 6.45) is 6.08. The molecule has 206 valence electrons. The summed E-state index contributed by atoms with van der Waals surface area (Å²) in [7, 11) is 0. The third kappa shape index (κ3) is 5.38. The maximum absolute atomic E-state index is 13.9. The van der Waals surface area contributed by atoms with E-state index in [0.29, 0.717) is 50.7 Å². The van der Waals surface area contributed by atoms with E-state index in [1.54, 1.807) is 9.36 Å². The van der Waals surface area contributed by atoms with Gasteiger partial charge in [-0.25, -0.2) is 9.36 Å². The van der Waals surface area contributed by atoms with Gasteiger partial charge in [-0.3, -0.25) is 9.59 Å². The van der Waals surface area contributed by atoms with Crippen molar-refractivity contribution in [3.63, 3.8) is 0 Å². The number of amides is 2. The molecule has 40 heavy (non-hydrogen) atoms. The number of rotatable bonds is 7. The first kappa shape index (κ1) is 25.9. The highest BCUT2D eigenvalue weighted by molar-refractivity contribution is 6.02. The fourth-order valence-electron chi connectivity index (χ4n) is 5.61. The number of benzene rings is 2. The molecule has 2 saturated heterocycles. The van der Waals surface area contributed by atoms with Crippen molar-refractivity contribution in [2.45, 2.75) is 51.6 Å². The zero-order valence-electron chi connectivity index (χ0n) is 22.7. The van der Waals surface area contributed by atoms with E-state index in [1.165, 1.54) is 0 Å². The van der Waals surface area contributed by atoms with Crippen molar-refractivity contribution in [1.29, 1.82) is 0 Å². The smallest absolute Gasteiger partial charge is 0.276 e. The summed E-state index contributed by atoms with van der Waals surface area (Å²) < 4.78 is 3.44. The molecule has 10 heteroatoms. The summed E-state index contributed by atoms with van der Waals surface area (Å²) >= 11 is 0. The van der Waals surface area contributed by atoms with Crippen molar-refractivity contribution in [3.05, 3.63) is 83.2 Å². The molecule has 0 radical (unpaired) electrons. The van der Waals surface area contributed by atoms with Crippen LogP contribution in [0.15, 0.2) is 60.7 Å². The van der Waals surface area contributed by atoms with Crippen molar-refractivity contribution < 1.29 is 9.59 Å². The number of aromatic nitrogens is 6. The van der Waals surface area contributed by atoms with Gasteiger partial charge >= 0.3 is 0 Å². The number of hydrogen-bond acceptors (Lipinski definition) is 6. The fraction of sp³-hybridized carbons (Fsp3) is 0.400. The van der Waals surface area contributed by atoms with Crippen molar-refractivity contribution in [1.82, 2.24) is 39.8 Å². The Labute approximate surface area is 233 Å². The molecule has 0 atom stereocenters. The van der Waals surface area contributed by atoms with E-state index < -0.39 is 0 Å². The first-order valence-electron chi connectivity index (χ1n) is 14.2. The van der Waals surface area contributed by atoms with Crippen LogP contribution in [-0.4, -0.2) is 77.8 Å². The van der Waals surface area contributed by atoms with E-state index in [4.69, 9.17) is 0 Å². The summed E-state index contributed by atoms with van der Waals surface area (Å²) in [5, 5.41) is 17.8. The minimum Gasteiger partial charge on any atom is -0.337 e. The Kier molecular flexibility index (Phi) is 7.65. The zero-order chi connectivity index (χ0) is 27.3. The monoisotopic (exact) mass is 538 g/mol. The normalized spacial score (nSPS) is 15.8. The van der Waals surface area contributed by atoms with Crippen LogP contribution in [0.1, 0.15) is 70.6 Å². The molecule has 2 aromatic heterocycles. The topological polar surface area (TPSA) is 102 Å². The number of carbonyl (C=O) groups is 2. The maximum Gasteiger partial charge on any atom is 0.276 e. The second-order valence-corrected chi connectivity index (χ2v) is 10.6. The molecule has 4 heterocycles. The van der Waals surface area contributed by atoms with Gasteiger partial charge in [-0.15, -0.1) is 10.2 Å². The third-order valence-corrected chi connectivity index (χ3v) is 7.74. The average Bonchev–Trinajstić information content (AvgIpc) is 3.61. The van der Waals surface area contributed by atoms with Gasteiger partial charge in [-0.05, 0) is 49.7 Å². The van der Waals surface area contributed by atoms with Crippen LogP contribution >= 0.6 is 0 Å². The Hall–Kier alpha value is -4.34. The van der Waals surface area contributed by atoms with Crippen LogP contribution in [0.4, 0.5) is 0 Å². The summed E-state index contributed by atoms with van der Waals surface area (Å²) in [5.41, 5.74) is 3.47. The Morgan fingerprint density at radius 3 is 1.30 bits per heavy atom. The van der Waals surface area contributed by atoms with Gasteiger partial charge in [0.05, 0.1) is 13.1 Å². The Morgan fingerprint density at radius 2 is 0.925 bits per heavy atom. The largest absolute Gasteiger partial charge is 0.337 e. The van der Waals surface area contributed by atoms with Gasteiger partial charge in [0.1, 0.15) is 11.4 Å². The highest BCUT2D eigenvalue weighted by Gasteiger charge is 2.34. The molecule has 2 aromatic carbocycles. The fourth-order valence-corrected chi connectivity index (χ4v) is 5.61. The van der Waals surface area contributed by atoms with Crippen LogP contribution in [0.2, 0.25) is 0 Å². The molecular weight excluding hydrogens is 504 g/mol. The highest BCUT2D eigenvalue weighted by atomic mass is 16.2. The number of nitrogens with zero attached hydrogens (tertiary/aromatic N) is 8. The molecule has 0 unspecified atom stereocenters. The molecule has 2 aliphatic heterocycles. The number of piperidine rings is 2. The zero-order valence-corrected chi connectivity index (χ0v) is 22.7. The minimum absolute atomic E-state index is 0.169. The number of carbonyl (C=O) groups excluding carboxylic acids is 2. The van der Waals surface area contributed by atoms with Gasteiger partial charge in [-0.2, -0.15) is 0 Å². The first-order valence-corrected chi connectivity index (χ1v) is 14.2. The Balaban J connectivity index is 1.50. The van der Waals surface area contributed by atoms with E-state index >= 15 is 0 Å². The molecule has 0 N–H and O–H groups in total. The summed E-state index contributed by atoms with van der Waals surface area (Å²) in [6.45, 7) is 3.53. The SMILES string of the molecule is O=C(c1nnn(Cc2ccccc2)c1-c1c(C(=O)N2CCCCC2)nnn1Cc1ccccc1)N1CCCCC1. The van der Waals surface area contributed by atoms with Crippen LogP contribution < -0.4 is 0 Å². The molecule has 2 fully saturated rings. The maximum atomic E-state index is 13.9. The van der Waals surface area contributed by atoms with Crippen LogP contribution in [0, 0.1) is 0 Å². The molecule has 0 spiro atoms. The minimum atomic E-state index is -0.169. The van der Waals surface area contributed by atoms with Gasteiger partial charge in [-0.1, -0.05) is 71.1 Å². The Morgan fingerprint density at radius 1 is 0.550 bits per heavy atom. The third-order valence-electron chi connectivity index (χ3n) is 7.74. The van der Waals surface area contributed by atoms with Crippen LogP contribution in [0.25, 0.3) is 11.4 Å². The summed E-state index contributed by atoms with van der Waals surface area (Å²) in [5.74, 6) is -0.337. The van der Waals surface area contributed by atoms with Crippen molar-refractivity contribution in [3.8, 4) is 11.4 Å². The summed E-state index contributed by atoms with van der Waals surface area (Å²) in [4.78, 5) is 31.5. The van der Waals surface area contributed by atoms with Crippen molar-refractivity contribution in [2.24, 2.45) is 0 Å². The van der Waals surface area contributed by atoms with E-state index in [0.717, 1.165) is 49.7 Å². The van der Waals surface area contributed by atoms with Crippen LogP contribution in [0.3, 0.4) is 0 Å². The van der Waals surface area contributed by atoms with Gasteiger partial charge in [0.2, 0.25) is 0 Å². The molecule has 0 bridgehead atoms. The molecule has 0 saturated carbocycles. The molecule has 2 amide bonds. The van der Waals surface area contributed by atoms with Crippen LogP contribution in [0.5, 0.6) is 0 Å². The lowest BCUT2D eigenvalue weighted by molar-refractivity contribution is 0.0709. The molecule has 10 nitrogen and oxygen atoms in total. The van der Waals surface area contributed by atoms with Crippen molar-refractivity contribution in [2.75, 3.05) is 26.2 Å². The van der Waals surface area contributed by atoms with Gasteiger partial charge < -0.3 is 9.80 Å². The van der Waals surface area contributed by atoms with E-state index in [1.807, 2.05) is 70.5 Å². The van der Waals surface area contributed by atoms with E-state index in [2.05, 4.69) is 20.6 Å².